The minimum Gasteiger partial charge on any atom is -0.384 e. The van der Waals surface area contributed by atoms with Gasteiger partial charge in [0.15, 0.2) is 0 Å². The molecule has 0 radical (unpaired) electrons. The number of nitrogens with two attached hydrogens (primary N) is 1. The Kier molecular flexibility index (Phi) is 4.90. The molecule has 1 aliphatic heterocycles. The minimum absolute atomic E-state index is 0.0149. The summed E-state index contributed by atoms with van der Waals surface area (Å²) < 4.78 is 11.5. The van der Waals surface area contributed by atoms with Crippen molar-refractivity contribution in [3.63, 3.8) is 0 Å². The standard InChI is InChI=1S/C16H23N3O3/c17-15-5-4-12(8-18-15)16(20)19-13-6-7-21-10-14(13)22-9-11-2-1-3-11/h4-5,8,11,13-14H,1-3,6-7,9-10H2,(H2,17,18)(H,19,20)/t13-,14-/m1/s1. The zero-order valence-electron chi connectivity index (χ0n) is 12.7. The Morgan fingerprint density at radius 3 is 2.95 bits per heavy atom. The molecule has 1 amide bonds. The third kappa shape index (κ3) is 3.75. The number of aromatic nitrogens is 1. The normalized spacial score (nSPS) is 25.5. The largest absolute Gasteiger partial charge is 0.384 e. The van der Waals surface area contributed by atoms with Crippen LogP contribution in [0.15, 0.2) is 18.3 Å². The lowest BCUT2D eigenvalue weighted by atomic mass is 9.86. The van der Waals surface area contributed by atoms with Crippen LogP contribution in [0.4, 0.5) is 5.82 Å². The maximum atomic E-state index is 12.3. The van der Waals surface area contributed by atoms with E-state index in [0.717, 1.165) is 13.0 Å². The van der Waals surface area contributed by atoms with Gasteiger partial charge in [0.05, 0.1) is 18.2 Å². The van der Waals surface area contributed by atoms with Crippen LogP contribution in [0.2, 0.25) is 0 Å². The van der Waals surface area contributed by atoms with Gasteiger partial charge in [-0.15, -0.1) is 0 Å². The molecule has 1 aromatic heterocycles. The van der Waals surface area contributed by atoms with Gasteiger partial charge in [-0.3, -0.25) is 4.79 Å². The van der Waals surface area contributed by atoms with Gasteiger partial charge in [-0.1, -0.05) is 6.42 Å². The van der Waals surface area contributed by atoms with Gasteiger partial charge in [0.1, 0.15) is 11.9 Å². The number of nitrogens with zero attached hydrogens (tertiary/aromatic N) is 1. The van der Waals surface area contributed by atoms with Crippen molar-refractivity contribution in [1.82, 2.24) is 10.3 Å². The molecule has 0 bridgehead atoms. The van der Waals surface area contributed by atoms with Crippen molar-refractivity contribution in [1.29, 1.82) is 0 Å². The van der Waals surface area contributed by atoms with E-state index in [4.69, 9.17) is 15.2 Å². The summed E-state index contributed by atoms with van der Waals surface area (Å²) in [6.07, 6.45) is 6.00. The molecule has 1 aromatic rings. The Morgan fingerprint density at radius 1 is 1.41 bits per heavy atom. The van der Waals surface area contributed by atoms with E-state index in [0.29, 0.717) is 30.5 Å². The van der Waals surface area contributed by atoms with Crippen molar-refractivity contribution in [2.24, 2.45) is 5.92 Å². The number of pyridine rings is 1. The Labute approximate surface area is 130 Å². The first-order valence-corrected chi connectivity index (χ1v) is 7.94. The van der Waals surface area contributed by atoms with E-state index in [1.165, 1.54) is 25.5 Å². The maximum absolute atomic E-state index is 12.3. The molecular formula is C16H23N3O3. The molecule has 3 rings (SSSR count). The first kappa shape index (κ1) is 15.2. The van der Waals surface area contributed by atoms with Crippen LogP contribution < -0.4 is 11.1 Å². The first-order chi connectivity index (χ1) is 10.7. The van der Waals surface area contributed by atoms with Crippen molar-refractivity contribution in [3.8, 4) is 0 Å². The molecule has 2 aliphatic rings. The van der Waals surface area contributed by atoms with E-state index in [1.54, 1.807) is 12.1 Å². The predicted molar refractivity (Wildman–Crippen MR) is 82.4 cm³/mol. The number of nitrogens with one attached hydrogen (secondary N) is 1. The Hall–Kier alpha value is -1.66. The number of hydrogen-bond acceptors (Lipinski definition) is 5. The highest BCUT2D eigenvalue weighted by molar-refractivity contribution is 5.94. The summed E-state index contributed by atoms with van der Waals surface area (Å²) in [6.45, 7) is 1.95. The highest BCUT2D eigenvalue weighted by Crippen LogP contribution is 2.27. The van der Waals surface area contributed by atoms with Crippen LogP contribution >= 0.6 is 0 Å². The van der Waals surface area contributed by atoms with Crippen LogP contribution in [0, 0.1) is 5.92 Å². The molecule has 0 unspecified atom stereocenters. The lowest BCUT2D eigenvalue weighted by molar-refractivity contribution is -0.0819. The molecule has 120 valence electrons. The van der Waals surface area contributed by atoms with Crippen LogP contribution in [-0.2, 0) is 9.47 Å². The van der Waals surface area contributed by atoms with E-state index < -0.39 is 0 Å². The maximum Gasteiger partial charge on any atom is 0.253 e. The highest BCUT2D eigenvalue weighted by atomic mass is 16.5. The summed E-state index contributed by atoms with van der Waals surface area (Å²) in [5, 5.41) is 3.04. The Bertz CT molecular complexity index is 502. The topological polar surface area (TPSA) is 86.5 Å². The molecule has 1 saturated heterocycles. The Balaban J connectivity index is 1.55. The molecule has 6 heteroatoms. The fraction of sp³-hybridized carbons (Fsp3) is 0.625. The van der Waals surface area contributed by atoms with E-state index in [1.807, 2.05) is 0 Å². The van der Waals surface area contributed by atoms with E-state index >= 15 is 0 Å². The average molecular weight is 305 g/mol. The van der Waals surface area contributed by atoms with E-state index in [2.05, 4.69) is 10.3 Å². The van der Waals surface area contributed by atoms with Crippen LogP contribution in [-0.4, -0.2) is 42.9 Å². The fourth-order valence-corrected chi connectivity index (χ4v) is 2.75. The molecule has 2 heterocycles. The number of nitrogen functional groups attached to an aromatic ring is 1. The van der Waals surface area contributed by atoms with Gasteiger partial charge in [0.25, 0.3) is 5.91 Å². The van der Waals surface area contributed by atoms with Crippen molar-refractivity contribution in [3.05, 3.63) is 23.9 Å². The van der Waals surface area contributed by atoms with Crippen LogP contribution in [0.5, 0.6) is 0 Å². The number of carbonyl (C=O) groups is 1. The average Bonchev–Trinajstić information content (AvgIpc) is 2.48. The second-order valence-corrected chi connectivity index (χ2v) is 6.08. The van der Waals surface area contributed by atoms with E-state index in [9.17, 15) is 4.79 Å². The van der Waals surface area contributed by atoms with Crippen molar-refractivity contribution in [2.75, 3.05) is 25.6 Å². The molecular weight excluding hydrogens is 282 g/mol. The smallest absolute Gasteiger partial charge is 0.253 e. The number of ether oxygens (including phenoxy) is 2. The summed E-state index contributed by atoms with van der Waals surface area (Å²) in [5.41, 5.74) is 6.05. The molecule has 1 saturated carbocycles. The number of carbonyl (C=O) groups excluding carboxylic acids is 1. The van der Waals surface area contributed by atoms with E-state index in [-0.39, 0.29) is 18.1 Å². The van der Waals surface area contributed by atoms with Crippen LogP contribution in [0.25, 0.3) is 0 Å². The molecule has 0 aromatic carbocycles. The SMILES string of the molecule is Nc1ccc(C(=O)N[C@@H]2CCOC[C@H]2OCC2CCC2)cn1. The van der Waals surface area contributed by atoms with Crippen LogP contribution in [0.3, 0.4) is 0 Å². The fourth-order valence-electron chi connectivity index (χ4n) is 2.75. The van der Waals surface area contributed by atoms with Crippen molar-refractivity contribution >= 4 is 11.7 Å². The van der Waals surface area contributed by atoms with Gasteiger partial charge >= 0.3 is 0 Å². The van der Waals surface area contributed by atoms with Gasteiger partial charge in [-0.25, -0.2) is 4.98 Å². The zero-order chi connectivity index (χ0) is 15.4. The molecule has 22 heavy (non-hydrogen) atoms. The molecule has 1 aliphatic carbocycles. The minimum atomic E-state index is -0.142. The molecule has 0 spiro atoms. The summed E-state index contributed by atoms with van der Waals surface area (Å²) >= 11 is 0. The number of rotatable bonds is 5. The van der Waals surface area contributed by atoms with Crippen molar-refractivity contribution < 1.29 is 14.3 Å². The summed E-state index contributed by atoms with van der Waals surface area (Å²) in [5.74, 6) is 0.945. The monoisotopic (exact) mass is 305 g/mol. The Morgan fingerprint density at radius 2 is 2.27 bits per heavy atom. The quantitative estimate of drug-likeness (QED) is 0.858. The van der Waals surface area contributed by atoms with Crippen molar-refractivity contribution in [2.45, 2.75) is 37.8 Å². The van der Waals surface area contributed by atoms with Gasteiger partial charge in [0, 0.05) is 19.4 Å². The zero-order valence-corrected chi connectivity index (χ0v) is 12.7. The number of amides is 1. The lowest BCUT2D eigenvalue weighted by Crippen LogP contribution is -2.50. The summed E-state index contributed by atoms with van der Waals surface area (Å²) in [4.78, 5) is 16.2. The second kappa shape index (κ2) is 7.07. The third-order valence-corrected chi connectivity index (χ3v) is 4.44. The second-order valence-electron chi connectivity index (χ2n) is 6.08. The van der Waals surface area contributed by atoms with Crippen LogP contribution in [0.1, 0.15) is 36.0 Å². The molecule has 6 nitrogen and oxygen atoms in total. The van der Waals surface area contributed by atoms with Gasteiger partial charge in [-0.2, -0.15) is 0 Å². The highest BCUT2D eigenvalue weighted by Gasteiger charge is 2.29. The summed E-state index contributed by atoms with van der Waals surface area (Å²) in [6, 6.07) is 3.30. The van der Waals surface area contributed by atoms with Gasteiger partial charge < -0.3 is 20.5 Å². The van der Waals surface area contributed by atoms with Gasteiger partial charge in [0.2, 0.25) is 0 Å². The lowest BCUT2D eigenvalue weighted by Gasteiger charge is -2.34. The number of hydrogen-bond donors (Lipinski definition) is 2. The third-order valence-electron chi connectivity index (χ3n) is 4.44. The first-order valence-electron chi connectivity index (χ1n) is 7.94. The molecule has 2 atom stereocenters. The summed E-state index contributed by atoms with van der Waals surface area (Å²) in [7, 11) is 0. The molecule has 3 N–H and O–H groups in total. The number of anilines is 1. The molecule has 2 fully saturated rings. The van der Waals surface area contributed by atoms with Gasteiger partial charge in [-0.05, 0) is 37.3 Å². The predicted octanol–water partition coefficient (Wildman–Crippen LogP) is 1.37.